The summed E-state index contributed by atoms with van der Waals surface area (Å²) in [6, 6.07) is 8.57. The van der Waals surface area contributed by atoms with Crippen LogP contribution in [0.3, 0.4) is 0 Å². The van der Waals surface area contributed by atoms with E-state index >= 15 is 0 Å². The molecule has 19 heavy (non-hydrogen) atoms. The Hall–Kier alpha value is -1.23. The van der Waals surface area contributed by atoms with Crippen LogP contribution in [0.4, 0.5) is 5.69 Å². The molecule has 2 nitrogen and oxygen atoms in total. The summed E-state index contributed by atoms with van der Waals surface area (Å²) in [5.74, 6) is 0. The van der Waals surface area contributed by atoms with Crippen molar-refractivity contribution < 1.29 is 0 Å². The normalized spacial score (nSPS) is 18.8. The van der Waals surface area contributed by atoms with Gasteiger partial charge < -0.3 is 9.80 Å². The van der Waals surface area contributed by atoms with Crippen LogP contribution in [0.5, 0.6) is 0 Å². The number of likely N-dealkylation sites (N-methyl/N-ethyl adjacent to an activating group) is 1. The van der Waals surface area contributed by atoms with Gasteiger partial charge in [-0.05, 0) is 35.4 Å². The first kappa shape index (κ1) is 14.2. The molecule has 1 atom stereocenters. The maximum Gasteiger partial charge on any atom is 0.0993 e. The molecule has 1 unspecified atom stereocenters. The molecule has 0 radical (unpaired) electrons. The van der Waals surface area contributed by atoms with Crippen molar-refractivity contribution in [1.82, 2.24) is 4.90 Å². The van der Waals surface area contributed by atoms with Crippen molar-refractivity contribution in [1.29, 1.82) is 0 Å². The van der Waals surface area contributed by atoms with Crippen molar-refractivity contribution in [3.05, 3.63) is 59.8 Å². The summed E-state index contributed by atoms with van der Waals surface area (Å²) < 4.78 is 0.429. The van der Waals surface area contributed by atoms with Gasteiger partial charge in [0, 0.05) is 33.0 Å². The fraction of sp³-hybridized carbons (Fsp3) is 0.250. The molecule has 1 aromatic carbocycles. The highest BCUT2D eigenvalue weighted by Crippen LogP contribution is 2.19. The molecule has 0 saturated carbocycles. The van der Waals surface area contributed by atoms with Gasteiger partial charge in [0.05, 0.1) is 4.05 Å². The van der Waals surface area contributed by atoms with E-state index in [4.69, 9.17) is 0 Å². The second kappa shape index (κ2) is 6.28. The molecule has 0 aromatic heterocycles. The Labute approximate surface area is 129 Å². The van der Waals surface area contributed by atoms with Gasteiger partial charge in [0.2, 0.25) is 0 Å². The zero-order valence-electron chi connectivity index (χ0n) is 11.5. The molecule has 100 valence electrons. The number of alkyl halides is 1. The van der Waals surface area contributed by atoms with Gasteiger partial charge in [0.15, 0.2) is 0 Å². The number of allylic oxidation sites excluding steroid dienone is 3. The van der Waals surface area contributed by atoms with Crippen molar-refractivity contribution in [3.8, 4) is 0 Å². The number of rotatable bonds is 3. The average Bonchev–Trinajstić information content (AvgIpc) is 2.40. The van der Waals surface area contributed by atoms with Crippen molar-refractivity contribution in [3.63, 3.8) is 0 Å². The van der Waals surface area contributed by atoms with Gasteiger partial charge in [-0.2, -0.15) is 0 Å². The van der Waals surface area contributed by atoms with Gasteiger partial charge in [-0.1, -0.05) is 46.9 Å². The summed E-state index contributed by atoms with van der Waals surface area (Å²) in [6.45, 7) is 0. The van der Waals surface area contributed by atoms with Gasteiger partial charge in [-0.25, -0.2) is 0 Å². The fourth-order valence-electron chi connectivity index (χ4n) is 1.80. The predicted octanol–water partition coefficient (Wildman–Crippen LogP) is 3.91. The van der Waals surface area contributed by atoms with E-state index in [1.54, 1.807) is 0 Å². The molecule has 1 heterocycles. The minimum Gasteiger partial charge on any atom is -0.378 e. The molecule has 2 rings (SSSR count). The van der Waals surface area contributed by atoms with E-state index in [-0.39, 0.29) is 0 Å². The topological polar surface area (TPSA) is 6.48 Å². The number of hydrogen-bond acceptors (Lipinski definition) is 2. The van der Waals surface area contributed by atoms with Crippen LogP contribution in [-0.4, -0.2) is 30.1 Å². The number of halogens is 1. The summed E-state index contributed by atoms with van der Waals surface area (Å²) in [4.78, 5) is 4.29. The van der Waals surface area contributed by atoms with E-state index in [0.717, 1.165) is 0 Å². The zero-order chi connectivity index (χ0) is 13.8. The highest BCUT2D eigenvalue weighted by atomic mass is 127. The van der Waals surface area contributed by atoms with Gasteiger partial charge >= 0.3 is 0 Å². The number of nitrogens with zero attached hydrogens (tertiary/aromatic N) is 2. The maximum atomic E-state index is 2.42. The molecule has 1 aromatic rings. The third kappa shape index (κ3) is 3.86. The molecule has 0 spiro atoms. The Morgan fingerprint density at radius 3 is 2.42 bits per heavy atom. The third-order valence-electron chi connectivity index (χ3n) is 3.10. The highest BCUT2D eigenvalue weighted by Gasteiger charge is 2.07. The molecule has 3 heteroatoms. The van der Waals surface area contributed by atoms with Gasteiger partial charge in [0.25, 0.3) is 0 Å². The van der Waals surface area contributed by atoms with Crippen molar-refractivity contribution in [2.75, 3.05) is 26.0 Å². The largest absolute Gasteiger partial charge is 0.378 e. The van der Waals surface area contributed by atoms with Crippen molar-refractivity contribution >= 4 is 34.4 Å². The van der Waals surface area contributed by atoms with E-state index in [2.05, 4.69) is 108 Å². The minimum atomic E-state index is 0.429. The van der Waals surface area contributed by atoms with Crippen LogP contribution in [0.15, 0.2) is 54.3 Å². The SMILES string of the molecule is CN(C)c1ccc(C=CC2=CC(I)N(C)C=C2)cc1. The molecule has 0 N–H and O–H groups in total. The van der Waals surface area contributed by atoms with E-state index in [1.807, 2.05) is 0 Å². The monoisotopic (exact) mass is 366 g/mol. The number of hydrogen-bond donors (Lipinski definition) is 0. The summed E-state index contributed by atoms with van der Waals surface area (Å²) in [5, 5.41) is 0. The van der Waals surface area contributed by atoms with Gasteiger partial charge in [0.1, 0.15) is 0 Å². The second-order valence-electron chi connectivity index (χ2n) is 4.84. The molecule has 0 saturated heterocycles. The van der Waals surface area contributed by atoms with E-state index in [9.17, 15) is 0 Å². The molecule has 0 aliphatic carbocycles. The van der Waals surface area contributed by atoms with Crippen LogP contribution in [0.25, 0.3) is 6.08 Å². The molecular formula is C16H19IN2. The Kier molecular flexibility index (Phi) is 4.69. The maximum absolute atomic E-state index is 2.42. The number of benzene rings is 1. The average molecular weight is 366 g/mol. The smallest absolute Gasteiger partial charge is 0.0993 e. The summed E-state index contributed by atoms with van der Waals surface area (Å²) in [6.07, 6.45) is 10.8. The molecule has 0 bridgehead atoms. The summed E-state index contributed by atoms with van der Waals surface area (Å²) in [5.41, 5.74) is 3.71. The van der Waals surface area contributed by atoms with Crippen molar-refractivity contribution in [2.24, 2.45) is 0 Å². The Morgan fingerprint density at radius 1 is 1.16 bits per heavy atom. The van der Waals surface area contributed by atoms with E-state index in [0.29, 0.717) is 4.05 Å². The van der Waals surface area contributed by atoms with Gasteiger partial charge in [-0.3, -0.25) is 0 Å². The lowest BCUT2D eigenvalue weighted by Crippen LogP contribution is -2.21. The van der Waals surface area contributed by atoms with Crippen LogP contribution in [-0.2, 0) is 0 Å². The van der Waals surface area contributed by atoms with Gasteiger partial charge in [-0.15, -0.1) is 0 Å². The quantitative estimate of drug-likeness (QED) is 0.455. The second-order valence-corrected chi connectivity index (χ2v) is 6.12. The Morgan fingerprint density at radius 2 is 1.84 bits per heavy atom. The molecule has 0 fully saturated rings. The lowest BCUT2D eigenvalue weighted by atomic mass is 10.1. The summed E-state index contributed by atoms with van der Waals surface area (Å²) in [7, 11) is 6.20. The first-order valence-corrected chi connectivity index (χ1v) is 7.52. The third-order valence-corrected chi connectivity index (χ3v) is 4.34. The molecule has 1 aliphatic heterocycles. The molecule has 0 amide bonds. The predicted molar refractivity (Wildman–Crippen MR) is 92.6 cm³/mol. The van der Waals surface area contributed by atoms with E-state index in [1.165, 1.54) is 16.8 Å². The first-order chi connectivity index (χ1) is 9.06. The van der Waals surface area contributed by atoms with Crippen molar-refractivity contribution in [2.45, 2.75) is 4.05 Å². The fourth-order valence-corrected chi connectivity index (χ4v) is 2.41. The Balaban J connectivity index is 2.07. The minimum absolute atomic E-state index is 0.429. The standard InChI is InChI=1S/C16H19IN2/c1-18(2)15-8-6-13(7-9-15)4-5-14-10-11-19(3)16(17)12-14/h4-12,16H,1-3H3. The van der Waals surface area contributed by atoms with Crippen LogP contribution < -0.4 is 4.90 Å². The molecule has 1 aliphatic rings. The van der Waals surface area contributed by atoms with Crippen LogP contribution in [0.1, 0.15) is 5.56 Å². The van der Waals surface area contributed by atoms with Crippen LogP contribution in [0, 0.1) is 0 Å². The summed E-state index contributed by atoms with van der Waals surface area (Å²) >= 11 is 2.42. The lowest BCUT2D eigenvalue weighted by Gasteiger charge is -2.22. The number of anilines is 1. The lowest BCUT2D eigenvalue weighted by molar-refractivity contribution is 0.486. The van der Waals surface area contributed by atoms with Crippen LogP contribution in [0.2, 0.25) is 0 Å². The van der Waals surface area contributed by atoms with E-state index < -0.39 is 0 Å². The highest BCUT2D eigenvalue weighted by molar-refractivity contribution is 14.1. The zero-order valence-corrected chi connectivity index (χ0v) is 13.7. The molecular weight excluding hydrogens is 347 g/mol. The first-order valence-electron chi connectivity index (χ1n) is 6.28. The van der Waals surface area contributed by atoms with Crippen LogP contribution >= 0.6 is 22.6 Å². The Bertz CT molecular complexity index is 512.